The van der Waals surface area contributed by atoms with Gasteiger partial charge in [-0.15, -0.1) is 5.10 Å². The fraction of sp³-hybridized carbons (Fsp3) is 0. The number of nitrogens with one attached hydrogen (secondary N) is 2. The SMILES string of the molecule is O=S(=O)(Nc1ccc(-n2nnc3ccccc32)cc1)c1cn[nH]c1. The molecule has 0 amide bonds. The van der Waals surface area contributed by atoms with Crippen LogP contribution in [0.5, 0.6) is 0 Å². The van der Waals surface area contributed by atoms with Gasteiger partial charge in [0.1, 0.15) is 10.4 Å². The lowest BCUT2D eigenvalue weighted by Gasteiger charge is -2.07. The van der Waals surface area contributed by atoms with Crippen LogP contribution in [0.1, 0.15) is 0 Å². The highest BCUT2D eigenvalue weighted by Gasteiger charge is 2.15. The zero-order valence-corrected chi connectivity index (χ0v) is 13.1. The number of hydrogen-bond donors (Lipinski definition) is 2. The number of anilines is 1. The molecule has 0 aliphatic carbocycles. The van der Waals surface area contributed by atoms with E-state index in [4.69, 9.17) is 0 Å². The fourth-order valence-corrected chi connectivity index (χ4v) is 3.29. The Morgan fingerprint density at radius 1 is 1.04 bits per heavy atom. The van der Waals surface area contributed by atoms with Gasteiger partial charge in [0.25, 0.3) is 10.0 Å². The average molecular weight is 340 g/mol. The summed E-state index contributed by atoms with van der Waals surface area (Å²) in [6, 6.07) is 14.5. The maximum absolute atomic E-state index is 12.2. The molecule has 2 aromatic carbocycles. The molecule has 24 heavy (non-hydrogen) atoms. The van der Waals surface area contributed by atoms with E-state index >= 15 is 0 Å². The summed E-state index contributed by atoms with van der Waals surface area (Å²) in [7, 11) is -3.65. The van der Waals surface area contributed by atoms with Gasteiger partial charge >= 0.3 is 0 Å². The number of aromatic nitrogens is 5. The molecular weight excluding hydrogens is 328 g/mol. The van der Waals surface area contributed by atoms with Crippen molar-refractivity contribution in [3.63, 3.8) is 0 Å². The number of hydrogen-bond acceptors (Lipinski definition) is 5. The first kappa shape index (κ1) is 14.4. The molecule has 9 heteroatoms. The highest BCUT2D eigenvalue weighted by atomic mass is 32.2. The highest BCUT2D eigenvalue weighted by Crippen LogP contribution is 2.19. The van der Waals surface area contributed by atoms with Gasteiger partial charge in [0.05, 0.1) is 17.4 Å². The molecule has 0 unspecified atom stereocenters. The van der Waals surface area contributed by atoms with Crippen LogP contribution >= 0.6 is 0 Å². The minimum Gasteiger partial charge on any atom is -0.284 e. The smallest absolute Gasteiger partial charge is 0.265 e. The number of rotatable bonds is 4. The number of nitrogens with zero attached hydrogens (tertiary/aromatic N) is 4. The van der Waals surface area contributed by atoms with Crippen molar-refractivity contribution >= 4 is 26.7 Å². The molecule has 0 aliphatic heterocycles. The summed E-state index contributed by atoms with van der Waals surface area (Å²) in [5.74, 6) is 0. The third-order valence-electron chi connectivity index (χ3n) is 3.50. The first-order chi connectivity index (χ1) is 11.6. The van der Waals surface area contributed by atoms with Gasteiger partial charge in [-0.05, 0) is 36.4 Å². The minimum absolute atomic E-state index is 0.0776. The predicted octanol–water partition coefficient (Wildman–Crippen LogP) is 1.94. The van der Waals surface area contributed by atoms with Gasteiger partial charge in [0.2, 0.25) is 0 Å². The zero-order chi connectivity index (χ0) is 16.6. The van der Waals surface area contributed by atoms with E-state index in [9.17, 15) is 8.42 Å². The second-order valence-corrected chi connectivity index (χ2v) is 6.76. The molecule has 0 saturated carbocycles. The van der Waals surface area contributed by atoms with Crippen LogP contribution < -0.4 is 4.72 Å². The van der Waals surface area contributed by atoms with E-state index in [1.807, 2.05) is 24.3 Å². The van der Waals surface area contributed by atoms with Crippen molar-refractivity contribution in [2.75, 3.05) is 4.72 Å². The van der Waals surface area contributed by atoms with Crippen LogP contribution in [-0.4, -0.2) is 33.6 Å². The summed E-state index contributed by atoms with van der Waals surface area (Å²) in [5.41, 5.74) is 2.91. The molecule has 0 spiro atoms. The van der Waals surface area contributed by atoms with Crippen LogP contribution in [0.3, 0.4) is 0 Å². The number of para-hydroxylation sites is 1. The molecule has 2 aromatic heterocycles. The van der Waals surface area contributed by atoms with E-state index in [0.29, 0.717) is 5.69 Å². The average Bonchev–Trinajstić information content (AvgIpc) is 3.26. The Hall–Kier alpha value is -3.20. The van der Waals surface area contributed by atoms with Crippen molar-refractivity contribution < 1.29 is 8.42 Å². The van der Waals surface area contributed by atoms with E-state index in [0.717, 1.165) is 16.7 Å². The van der Waals surface area contributed by atoms with Gasteiger partial charge in [0.15, 0.2) is 0 Å². The Bertz CT molecular complexity index is 1080. The van der Waals surface area contributed by atoms with Crippen LogP contribution in [-0.2, 0) is 10.0 Å². The number of aromatic amines is 1. The van der Waals surface area contributed by atoms with Gasteiger partial charge in [0, 0.05) is 11.9 Å². The molecular formula is C15H12N6O2S. The van der Waals surface area contributed by atoms with Gasteiger partial charge < -0.3 is 0 Å². The van der Waals surface area contributed by atoms with E-state index in [2.05, 4.69) is 25.2 Å². The van der Waals surface area contributed by atoms with Crippen molar-refractivity contribution in [1.82, 2.24) is 25.2 Å². The van der Waals surface area contributed by atoms with Crippen LogP contribution in [0.25, 0.3) is 16.7 Å². The Morgan fingerprint density at radius 3 is 2.58 bits per heavy atom. The molecule has 2 N–H and O–H groups in total. The molecule has 4 aromatic rings. The maximum atomic E-state index is 12.2. The largest absolute Gasteiger partial charge is 0.284 e. The van der Waals surface area contributed by atoms with E-state index < -0.39 is 10.0 Å². The van der Waals surface area contributed by atoms with E-state index in [1.165, 1.54) is 12.4 Å². The molecule has 120 valence electrons. The van der Waals surface area contributed by atoms with Crippen molar-refractivity contribution in [2.24, 2.45) is 0 Å². The predicted molar refractivity (Wildman–Crippen MR) is 88.3 cm³/mol. The second-order valence-electron chi connectivity index (χ2n) is 5.08. The van der Waals surface area contributed by atoms with Crippen LogP contribution in [0.4, 0.5) is 5.69 Å². The van der Waals surface area contributed by atoms with Crippen LogP contribution in [0, 0.1) is 0 Å². The van der Waals surface area contributed by atoms with Gasteiger partial charge in [-0.2, -0.15) is 5.10 Å². The first-order valence-electron chi connectivity index (χ1n) is 7.06. The van der Waals surface area contributed by atoms with Gasteiger partial charge in [-0.1, -0.05) is 17.3 Å². The quantitative estimate of drug-likeness (QED) is 0.590. The summed E-state index contributed by atoms with van der Waals surface area (Å²) in [5, 5.41) is 14.4. The van der Waals surface area contributed by atoms with Crippen LogP contribution in [0.15, 0.2) is 65.8 Å². The molecule has 2 heterocycles. The topological polar surface area (TPSA) is 106 Å². The Balaban J connectivity index is 1.64. The summed E-state index contributed by atoms with van der Waals surface area (Å²) < 4.78 is 28.5. The zero-order valence-electron chi connectivity index (χ0n) is 12.3. The van der Waals surface area contributed by atoms with Crippen molar-refractivity contribution in [3.8, 4) is 5.69 Å². The second kappa shape index (κ2) is 5.46. The lowest BCUT2D eigenvalue weighted by atomic mass is 10.2. The molecule has 0 atom stereocenters. The summed E-state index contributed by atoms with van der Waals surface area (Å²) in [4.78, 5) is 0.0776. The standard InChI is InChI=1S/C15H12N6O2S/c22-24(23,13-9-16-17-10-13)19-11-5-7-12(8-6-11)21-15-4-2-1-3-14(15)18-20-21/h1-10,19H,(H,16,17). The van der Waals surface area contributed by atoms with Gasteiger partial charge in [-0.3, -0.25) is 9.82 Å². The maximum Gasteiger partial charge on any atom is 0.265 e. The Kier molecular flexibility index (Phi) is 3.28. The minimum atomic E-state index is -3.65. The molecule has 0 aliphatic rings. The van der Waals surface area contributed by atoms with Crippen molar-refractivity contribution in [2.45, 2.75) is 4.90 Å². The molecule has 0 fully saturated rings. The lowest BCUT2D eigenvalue weighted by molar-refractivity contribution is 0.601. The number of sulfonamides is 1. The third kappa shape index (κ3) is 2.50. The highest BCUT2D eigenvalue weighted by molar-refractivity contribution is 7.92. The van der Waals surface area contributed by atoms with Crippen LogP contribution in [0.2, 0.25) is 0 Å². The molecule has 8 nitrogen and oxygen atoms in total. The van der Waals surface area contributed by atoms with Crippen molar-refractivity contribution in [3.05, 3.63) is 60.9 Å². The number of benzene rings is 2. The van der Waals surface area contributed by atoms with Gasteiger partial charge in [-0.25, -0.2) is 13.1 Å². The number of H-pyrrole nitrogens is 1. The first-order valence-corrected chi connectivity index (χ1v) is 8.54. The number of fused-ring (bicyclic) bond motifs is 1. The normalized spacial score (nSPS) is 11.7. The monoisotopic (exact) mass is 340 g/mol. The Labute approximate surface area is 137 Å². The van der Waals surface area contributed by atoms with E-state index in [-0.39, 0.29) is 4.90 Å². The third-order valence-corrected chi connectivity index (χ3v) is 4.85. The molecule has 0 saturated heterocycles. The Morgan fingerprint density at radius 2 is 1.83 bits per heavy atom. The van der Waals surface area contributed by atoms with E-state index in [1.54, 1.807) is 28.9 Å². The van der Waals surface area contributed by atoms with Crippen molar-refractivity contribution in [1.29, 1.82) is 0 Å². The fourth-order valence-electron chi connectivity index (χ4n) is 2.33. The molecule has 0 bridgehead atoms. The summed E-state index contributed by atoms with van der Waals surface area (Å²) >= 11 is 0. The molecule has 0 radical (unpaired) electrons. The molecule has 4 rings (SSSR count). The lowest BCUT2D eigenvalue weighted by Crippen LogP contribution is -2.12. The summed E-state index contributed by atoms with van der Waals surface area (Å²) in [6.45, 7) is 0. The summed E-state index contributed by atoms with van der Waals surface area (Å²) in [6.07, 6.45) is 2.57.